The molecule has 0 heterocycles. The molecule has 0 fully saturated rings. The quantitative estimate of drug-likeness (QED) is 0.734. The second-order valence-corrected chi connectivity index (χ2v) is 5.48. The molecule has 1 atom stereocenters. The zero-order valence-electron chi connectivity index (χ0n) is 12.1. The lowest BCUT2D eigenvalue weighted by Gasteiger charge is -2.22. The van der Waals surface area contributed by atoms with E-state index in [4.69, 9.17) is 5.11 Å². The highest BCUT2D eigenvalue weighted by Crippen LogP contribution is 2.09. The van der Waals surface area contributed by atoms with Gasteiger partial charge in [0.2, 0.25) is 0 Å². The van der Waals surface area contributed by atoms with E-state index >= 15 is 0 Å². The normalized spacial score (nSPS) is 12.6. The molecule has 0 aromatic carbocycles. The third-order valence-corrected chi connectivity index (χ3v) is 2.98. The molecule has 0 saturated carbocycles. The van der Waals surface area contributed by atoms with Gasteiger partial charge in [0.1, 0.15) is 0 Å². The largest absolute Gasteiger partial charge is 0.481 e. The Morgan fingerprint density at radius 3 is 2.17 bits per heavy atom. The Hall–Kier alpha value is -1.26. The van der Waals surface area contributed by atoms with Crippen LogP contribution in [0.15, 0.2) is 0 Å². The van der Waals surface area contributed by atoms with Crippen molar-refractivity contribution in [2.45, 2.75) is 34.1 Å². The van der Waals surface area contributed by atoms with Crippen LogP contribution in [0.5, 0.6) is 0 Å². The summed E-state index contributed by atoms with van der Waals surface area (Å²) in [4.78, 5) is 24.3. The summed E-state index contributed by atoms with van der Waals surface area (Å²) in [7, 11) is 1.73. The third-order valence-electron chi connectivity index (χ3n) is 2.98. The Balaban J connectivity index is 4.11. The molecular weight excluding hydrogens is 232 g/mol. The number of hydrogen-bond acceptors (Lipinski definition) is 2. The standard InChI is InChI=1S/C13H26N2O3/c1-9(2)6-7-15(5)13(18)14-8-11(10(3)4)12(16)17/h9-11H,6-8H2,1-5H3,(H,14,18)(H,16,17). The van der Waals surface area contributed by atoms with Crippen molar-refractivity contribution in [3.05, 3.63) is 0 Å². The van der Waals surface area contributed by atoms with Gasteiger partial charge in [-0.2, -0.15) is 0 Å². The number of carboxylic acids is 1. The van der Waals surface area contributed by atoms with Gasteiger partial charge < -0.3 is 15.3 Å². The van der Waals surface area contributed by atoms with Gasteiger partial charge in [-0.05, 0) is 18.3 Å². The first kappa shape index (κ1) is 16.7. The van der Waals surface area contributed by atoms with Gasteiger partial charge in [0.05, 0.1) is 5.92 Å². The number of nitrogens with one attached hydrogen (secondary N) is 1. The van der Waals surface area contributed by atoms with Crippen LogP contribution in [-0.4, -0.2) is 42.1 Å². The highest BCUT2D eigenvalue weighted by Gasteiger charge is 2.22. The van der Waals surface area contributed by atoms with Crippen molar-refractivity contribution in [3.8, 4) is 0 Å². The molecule has 0 saturated heterocycles. The van der Waals surface area contributed by atoms with Crippen molar-refractivity contribution in [3.63, 3.8) is 0 Å². The molecule has 0 aliphatic carbocycles. The summed E-state index contributed by atoms with van der Waals surface area (Å²) in [5, 5.41) is 11.7. The molecule has 0 bridgehead atoms. The van der Waals surface area contributed by atoms with E-state index in [1.165, 1.54) is 0 Å². The fourth-order valence-corrected chi connectivity index (χ4v) is 1.49. The van der Waals surface area contributed by atoms with Crippen LogP contribution < -0.4 is 5.32 Å². The Morgan fingerprint density at radius 2 is 1.78 bits per heavy atom. The number of hydrogen-bond donors (Lipinski definition) is 2. The SMILES string of the molecule is CC(C)CCN(C)C(=O)NCC(C(=O)O)C(C)C. The topological polar surface area (TPSA) is 69.6 Å². The first-order chi connectivity index (χ1) is 8.25. The second kappa shape index (κ2) is 7.95. The Bertz CT molecular complexity index is 277. The molecule has 0 aromatic rings. The number of carbonyl (C=O) groups is 2. The van der Waals surface area contributed by atoms with Crippen LogP contribution in [0.2, 0.25) is 0 Å². The lowest BCUT2D eigenvalue weighted by Crippen LogP contribution is -2.42. The van der Waals surface area contributed by atoms with Crippen LogP contribution in [-0.2, 0) is 4.79 Å². The summed E-state index contributed by atoms with van der Waals surface area (Å²) < 4.78 is 0. The lowest BCUT2D eigenvalue weighted by atomic mass is 9.96. The van der Waals surface area contributed by atoms with Crippen molar-refractivity contribution >= 4 is 12.0 Å². The van der Waals surface area contributed by atoms with Crippen molar-refractivity contribution in [2.24, 2.45) is 17.8 Å². The summed E-state index contributed by atoms with van der Waals surface area (Å²) in [6.07, 6.45) is 0.941. The van der Waals surface area contributed by atoms with Crippen LogP contribution in [0.1, 0.15) is 34.1 Å². The molecule has 0 spiro atoms. The van der Waals surface area contributed by atoms with E-state index < -0.39 is 11.9 Å². The number of nitrogens with zero attached hydrogens (tertiary/aromatic N) is 1. The lowest BCUT2D eigenvalue weighted by molar-refractivity contribution is -0.142. The van der Waals surface area contributed by atoms with Crippen LogP contribution in [0.4, 0.5) is 4.79 Å². The van der Waals surface area contributed by atoms with Gasteiger partial charge in [0.25, 0.3) is 0 Å². The second-order valence-electron chi connectivity index (χ2n) is 5.48. The molecule has 106 valence electrons. The number of amides is 2. The molecule has 5 nitrogen and oxygen atoms in total. The predicted molar refractivity (Wildman–Crippen MR) is 71.4 cm³/mol. The molecule has 5 heteroatoms. The van der Waals surface area contributed by atoms with Gasteiger partial charge in [-0.3, -0.25) is 4.79 Å². The Kier molecular flexibility index (Phi) is 7.39. The molecule has 1 unspecified atom stereocenters. The van der Waals surface area contributed by atoms with Gasteiger partial charge in [0.15, 0.2) is 0 Å². The highest BCUT2D eigenvalue weighted by atomic mass is 16.4. The van der Waals surface area contributed by atoms with E-state index in [0.717, 1.165) is 6.42 Å². The van der Waals surface area contributed by atoms with E-state index in [0.29, 0.717) is 12.5 Å². The van der Waals surface area contributed by atoms with E-state index in [1.54, 1.807) is 11.9 Å². The fourth-order valence-electron chi connectivity index (χ4n) is 1.49. The molecule has 0 aliphatic rings. The smallest absolute Gasteiger partial charge is 0.317 e. The molecule has 2 N–H and O–H groups in total. The monoisotopic (exact) mass is 258 g/mol. The minimum absolute atomic E-state index is 0.00349. The van der Waals surface area contributed by atoms with Gasteiger partial charge in [0, 0.05) is 20.1 Å². The van der Waals surface area contributed by atoms with Crippen molar-refractivity contribution in [1.29, 1.82) is 0 Å². The molecular formula is C13H26N2O3. The van der Waals surface area contributed by atoms with Crippen LogP contribution >= 0.6 is 0 Å². The third kappa shape index (κ3) is 6.47. The van der Waals surface area contributed by atoms with Gasteiger partial charge in [-0.25, -0.2) is 4.79 Å². The predicted octanol–water partition coefficient (Wildman–Crippen LogP) is 2.03. The van der Waals surface area contributed by atoms with Gasteiger partial charge in [-0.1, -0.05) is 27.7 Å². The first-order valence-electron chi connectivity index (χ1n) is 6.47. The fraction of sp³-hybridized carbons (Fsp3) is 0.846. The Labute approximate surface area is 110 Å². The molecule has 0 rings (SSSR count). The highest BCUT2D eigenvalue weighted by molar-refractivity contribution is 5.75. The maximum Gasteiger partial charge on any atom is 0.317 e. The molecule has 0 aromatic heterocycles. The van der Waals surface area contributed by atoms with Crippen molar-refractivity contribution in [1.82, 2.24) is 10.2 Å². The minimum Gasteiger partial charge on any atom is -0.481 e. The number of carboxylic acid groups (broad SMARTS) is 1. The van der Waals surface area contributed by atoms with Crippen LogP contribution in [0.3, 0.4) is 0 Å². The maximum atomic E-state index is 11.7. The zero-order chi connectivity index (χ0) is 14.3. The van der Waals surface area contributed by atoms with Crippen molar-refractivity contribution < 1.29 is 14.7 Å². The molecule has 0 aliphatic heterocycles. The van der Waals surface area contributed by atoms with E-state index in [2.05, 4.69) is 19.2 Å². The molecule has 0 radical (unpaired) electrons. The van der Waals surface area contributed by atoms with Crippen LogP contribution in [0, 0.1) is 17.8 Å². The number of carbonyl (C=O) groups excluding carboxylic acids is 1. The zero-order valence-corrected chi connectivity index (χ0v) is 12.1. The van der Waals surface area contributed by atoms with E-state index in [9.17, 15) is 9.59 Å². The van der Waals surface area contributed by atoms with E-state index in [1.807, 2.05) is 13.8 Å². The number of rotatable bonds is 7. The number of urea groups is 1. The Morgan fingerprint density at radius 1 is 1.22 bits per heavy atom. The summed E-state index contributed by atoms with van der Waals surface area (Å²) in [5.74, 6) is -0.853. The summed E-state index contributed by atoms with van der Waals surface area (Å²) in [6, 6.07) is -0.206. The summed E-state index contributed by atoms with van der Waals surface area (Å²) in [5.41, 5.74) is 0. The van der Waals surface area contributed by atoms with Crippen molar-refractivity contribution in [2.75, 3.05) is 20.1 Å². The molecule has 18 heavy (non-hydrogen) atoms. The van der Waals surface area contributed by atoms with E-state index in [-0.39, 0.29) is 18.5 Å². The molecule has 2 amide bonds. The van der Waals surface area contributed by atoms with Gasteiger partial charge in [-0.15, -0.1) is 0 Å². The minimum atomic E-state index is -0.866. The first-order valence-corrected chi connectivity index (χ1v) is 6.47. The summed E-state index contributed by atoms with van der Waals surface area (Å²) >= 11 is 0. The summed E-state index contributed by atoms with van der Waals surface area (Å²) in [6.45, 7) is 8.75. The average Bonchev–Trinajstić information content (AvgIpc) is 2.24. The van der Waals surface area contributed by atoms with Crippen LogP contribution in [0.25, 0.3) is 0 Å². The maximum absolute atomic E-state index is 11.7. The average molecular weight is 258 g/mol. The number of aliphatic carboxylic acids is 1. The van der Waals surface area contributed by atoms with Gasteiger partial charge >= 0.3 is 12.0 Å².